The first-order valence-corrected chi connectivity index (χ1v) is 6.67. The highest BCUT2D eigenvalue weighted by Crippen LogP contribution is 2.30. The molecule has 0 atom stereocenters. The van der Waals surface area contributed by atoms with E-state index < -0.39 is 11.7 Å². The normalized spacial score (nSPS) is 17.4. The zero-order valence-corrected chi connectivity index (χ0v) is 11.8. The first kappa shape index (κ1) is 14.4. The van der Waals surface area contributed by atoms with Gasteiger partial charge < -0.3 is 5.73 Å². The van der Waals surface area contributed by atoms with E-state index in [0.29, 0.717) is 25.3 Å². The zero-order chi connectivity index (χ0) is 14.0. The van der Waals surface area contributed by atoms with Crippen molar-refractivity contribution in [2.24, 2.45) is 0 Å². The van der Waals surface area contributed by atoms with Gasteiger partial charge in [-0.25, -0.2) is 0 Å². The molecular formula is C13H14BrF3N2. The van der Waals surface area contributed by atoms with Crippen molar-refractivity contribution in [1.29, 1.82) is 0 Å². The molecule has 0 aromatic heterocycles. The molecule has 1 aromatic rings. The smallest absolute Gasteiger partial charge is 0.399 e. The van der Waals surface area contributed by atoms with Crippen molar-refractivity contribution in [3.05, 3.63) is 39.9 Å². The van der Waals surface area contributed by atoms with Crippen LogP contribution in [0.4, 0.5) is 18.9 Å². The molecule has 1 aliphatic rings. The molecular weight excluding hydrogens is 321 g/mol. The summed E-state index contributed by atoms with van der Waals surface area (Å²) in [5.41, 5.74) is 6.96. The van der Waals surface area contributed by atoms with Crippen LogP contribution in [-0.2, 0) is 6.54 Å². The van der Waals surface area contributed by atoms with Gasteiger partial charge in [0.15, 0.2) is 0 Å². The summed E-state index contributed by atoms with van der Waals surface area (Å²) in [6, 6.07) is 5.56. The lowest BCUT2D eigenvalue weighted by molar-refractivity contribution is -0.0960. The summed E-state index contributed by atoms with van der Waals surface area (Å²) in [7, 11) is 0. The molecule has 0 saturated carbocycles. The minimum Gasteiger partial charge on any atom is -0.399 e. The molecule has 0 spiro atoms. The third kappa shape index (κ3) is 3.98. The maximum Gasteiger partial charge on any atom is 0.412 e. The van der Waals surface area contributed by atoms with Crippen molar-refractivity contribution < 1.29 is 13.2 Å². The number of rotatable bonds is 2. The van der Waals surface area contributed by atoms with E-state index >= 15 is 0 Å². The van der Waals surface area contributed by atoms with E-state index in [1.165, 1.54) is 6.08 Å². The van der Waals surface area contributed by atoms with E-state index in [-0.39, 0.29) is 6.42 Å². The second kappa shape index (κ2) is 5.54. The van der Waals surface area contributed by atoms with Gasteiger partial charge in [0.1, 0.15) is 0 Å². The highest BCUT2D eigenvalue weighted by molar-refractivity contribution is 9.10. The highest BCUT2D eigenvalue weighted by Gasteiger charge is 2.34. The van der Waals surface area contributed by atoms with Gasteiger partial charge in [0.05, 0.1) is 0 Å². The van der Waals surface area contributed by atoms with Crippen molar-refractivity contribution >= 4 is 21.6 Å². The van der Waals surface area contributed by atoms with E-state index in [1.54, 1.807) is 6.07 Å². The van der Waals surface area contributed by atoms with E-state index in [2.05, 4.69) is 15.9 Å². The molecule has 0 saturated heterocycles. The average molecular weight is 335 g/mol. The van der Waals surface area contributed by atoms with Gasteiger partial charge in [0, 0.05) is 35.4 Å². The van der Waals surface area contributed by atoms with Gasteiger partial charge in [-0.2, -0.15) is 13.2 Å². The van der Waals surface area contributed by atoms with Crippen LogP contribution in [-0.4, -0.2) is 24.2 Å². The molecule has 1 aliphatic heterocycles. The Morgan fingerprint density at radius 1 is 1.26 bits per heavy atom. The third-order valence-electron chi connectivity index (χ3n) is 3.04. The van der Waals surface area contributed by atoms with Crippen LogP contribution in [0.15, 0.2) is 34.3 Å². The Hall–Kier alpha value is -1.01. The molecule has 0 amide bonds. The largest absolute Gasteiger partial charge is 0.412 e. The fraction of sp³-hybridized carbons (Fsp3) is 0.385. The number of halogens is 4. The van der Waals surface area contributed by atoms with Gasteiger partial charge in [-0.1, -0.05) is 22.0 Å². The molecule has 2 N–H and O–H groups in total. The van der Waals surface area contributed by atoms with Crippen LogP contribution >= 0.6 is 15.9 Å². The molecule has 2 rings (SSSR count). The van der Waals surface area contributed by atoms with Crippen molar-refractivity contribution in [3.8, 4) is 0 Å². The summed E-state index contributed by atoms with van der Waals surface area (Å²) in [5.74, 6) is 0. The predicted octanol–water partition coefficient (Wildman–Crippen LogP) is 3.73. The second-order valence-corrected chi connectivity index (χ2v) is 5.52. The Morgan fingerprint density at radius 2 is 2.00 bits per heavy atom. The summed E-state index contributed by atoms with van der Waals surface area (Å²) >= 11 is 3.35. The van der Waals surface area contributed by atoms with Gasteiger partial charge >= 0.3 is 6.18 Å². The molecule has 0 bridgehead atoms. The van der Waals surface area contributed by atoms with Crippen molar-refractivity contribution in [1.82, 2.24) is 4.90 Å². The number of hydrogen-bond donors (Lipinski definition) is 1. The van der Waals surface area contributed by atoms with Crippen LogP contribution in [0.5, 0.6) is 0 Å². The van der Waals surface area contributed by atoms with Gasteiger partial charge in [-0.05, 0) is 30.2 Å². The highest BCUT2D eigenvalue weighted by atomic mass is 79.9. The average Bonchev–Trinajstić information content (AvgIpc) is 2.26. The second-order valence-electron chi connectivity index (χ2n) is 4.61. The standard InChI is InChI=1S/C13H14BrF3N2/c14-11-5-9(6-12(18)7-11)8-19-3-1-10(2-4-19)13(15,16)17/h1,5-7H,2-4,8,18H2. The van der Waals surface area contributed by atoms with Gasteiger partial charge in [-0.3, -0.25) is 4.90 Å². The quantitative estimate of drug-likeness (QED) is 0.659. The fourth-order valence-electron chi connectivity index (χ4n) is 2.14. The summed E-state index contributed by atoms with van der Waals surface area (Å²) in [5, 5.41) is 0. The Balaban J connectivity index is 2.01. The number of hydrogen-bond acceptors (Lipinski definition) is 2. The Morgan fingerprint density at radius 3 is 2.53 bits per heavy atom. The number of alkyl halides is 3. The maximum atomic E-state index is 12.5. The molecule has 6 heteroatoms. The van der Waals surface area contributed by atoms with E-state index in [1.807, 2.05) is 17.0 Å². The van der Waals surface area contributed by atoms with Crippen LogP contribution in [0.3, 0.4) is 0 Å². The van der Waals surface area contributed by atoms with Gasteiger partial charge in [0.2, 0.25) is 0 Å². The zero-order valence-electron chi connectivity index (χ0n) is 10.2. The van der Waals surface area contributed by atoms with Crippen LogP contribution in [0.1, 0.15) is 12.0 Å². The fourth-order valence-corrected chi connectivity index (χ4v) is 2.70. The van der Waals surface area contributed by atoms with Gasteiger partial charge in [-0.15, -0.1) is 0 Å². The molecule has 104 valence electrons. The number of anilines is 1. The molecule has 0 fully saturated rings. The summed E-state index contributed by atoms with van der Waals surface area (Å²) in [6.07, 6.45) is -2.87. The first-order valence-electron chi connectivity index (χ1n) is 5.88. The van der Waals surface area contributed by atoms with Crippen molar-refractivity contribution in [2.75, 3.05) is 18.8 Å². The monoisotopic (exact) mass is 334 g/mol. The molecule has 0 aliphatic carbocycles. The van der Waals surface area contributed by atoms with E-state index in [0.717, 1.165) is 10.0 Å². The molecule has 19 heavy (non-hydrogen) atoms. The van der Waals surface area contributed by atoms with E-state index in [4.69, 9.17) is 5.73 Å². The molecule has 2 nitrogen and oxygen atoms in total. The number of nitrogen functional groups attached to an aromatic ring is 1. The van der Waals surface area contributed by atoms with Crippen molar-refractivity contribution in [3.63, 3.8) is 0 Å². The third-order valence-corrected chi connectivity index (χ3v) is 3.50. The summed E-state index contributed by atoms with van der Waals surface area (Å²) < 4.78 is 38.4. The summed E-state index contributed by atoms with van der Waals surface area (Å²) in [4.78, 5) is 1.97. The molecule has 1 aromatic carbocycles. The molecule has 0 unspecified atom stereocenters. The number of nitrogens with two attached hydrogens (primary N) is 1. The molecule has 1 heterocycles. The lowest BCUT2D eigenvalue weighted by Gasteiger charge is -2.27. The van der Waals surface area contributed by atoms with E-state index in [9.17, 15) is 13.2 Å². The van der Waals surface area contributed by atoms with Crippen LogP contribution in [0, 0.1) is 0 Å². The Kier molecular flexibility index (Phi) is 4.20. The van der Waals surface area contributed by atoms with Crippen LogP contribution < -0.4 is 5.73 Å². The topological polar surface area (TPSA) is 29.3 Å². The lowest BCUT2D eigenvalue weighted by atomic mass is 10.1. The van der Waals surface area contributed by atoms with Crippen LogP contribution in [0.2, 0.25) is 0 Å². The SMILES string of the molecule is Nc1cc(Br)cc(CN2CC=C(C(F)(F)F)CC2)c1. The maximum absolute atomic E-state index is 12.5. The molecule has 0 radical (unpaired) electrons. The summed E-state index contributed by atoms with van der Waals surface area (Å²) in [6.45, 7) is 1.34. The first-order chi connectivity index (χ1) is 8.84. The van der Waals surface area contributed by atoms with Crippen LogP contribution in [0.25, 0.3) is 0 Å². The Labute approximate surface area is 118 Å². The minimum absolute atomic E-state index is 0.0486. The minimum atomic E-state index is -4.19. The Bertz CT molecular complexity index is 477. The predicted molar refractivity (Wildman–Crippen MR) is 72.6 cm³/mol. The lowest BCUT2D eigenvalue weighted by Crippen LogP contribution is -2.31. The van der Waals surface area contributed by atoms with Gasteiger partial charge in [0.25, 0.3) is 0 Å². The number of nitrogens with zero attached hydrogens (tertiary/aromatic N) is 1. The van der Waals surface area contributed by atoms with Crippen molar-refractivity contribution in [2.45, 2.75) is 19.1 Å². The number of benzene rings is 1.